The predicted octanol–water partition coefficient (Wildman–Crippen LogP) is 4.12. The zero-order valence-electron chi connectivity index (χ0n) is 15.0. The number of hydrogen-bond acceptors (Lipinski definition) is 3. The average Bonchev–Trinajstić information content (AvgIpc) is 3.27. The second-order valence-electron chi connectivity index (χ2n) is 5.66. The van der Waals surface area contributed by atoms with Crippen molar-refractivity contribution < 1.29 is 0 Å². The van der Waals surface area contributed by atoms with Crippen LogP contribution in [0.4, 0.5) is 0 Å². The molecule has 1 aromatic carbocycles. The third-order valence-electron chi connectivity index (χ3n) is 3.79. The van der Waals surface area contributed by atoms with Gasteiger partial charge in [0.25, 0.3) is 0 Å². The van der Waals surface area contributed by atoms with Gasteiger partial charge in [-0.1, -0.05) is 18.2 Å². The minimum Gasteiger partial charge on any atom is -0.357 e. The van der Waals surface area contributed by atoms with E-state index in [0.717, 1.165) is 30.4 Å². The molecule has 5 nitrogen and oxygen atoms in total. The molecule has 2 aromatic heterocycles. The molecule has 0 atom stereocenters. The lowest BCUT2D eigenvalue weighted by molar-refractivity contribution is 0.800. The van der Waals surface area contributed by atoms with E-state index in [1.165, 1.54) is 10.4 Å². The van der Waals surface area contributed by atoms with Gasteiger partial charge in [0.2, 0.25) is 0 Å². The highest BCUT2D eigenvalue weighted by Crippen LogP contribution is 2.14. The number of para-hydroxylation sites is 1. The third kappa shape index (κ3) is 5.57. The lowest BCUT2D eigenvalue weighted by Gasteiger charge is -2.10. The van der Waals surface area contributed by atoms with Crippen molar-refractivity contribution in [1.29, 1.82) is 0 Å². The minimum absolute atomic E-state index is 0. The van der Waals surface area contributed by atoms with Crippen LogP contribution in [-0.2, 0) is 13.1 Å². The summed E-state index contributed by atoms with van der Waals surface area (Å²) in [5, 5.41) is 13.4. The van der Waals surface area contributed by atoms with E-state index in [0.29, 0.717) is 6.54 Å². The normalized spacial score (nSPS) is 11.1. The fourth-order valence-corrected chi connectivity index (χ4v) is 3.27. The highest BCUT2D eigenvalue weighted by Gasteiger charge is 2.04. The molecule has 3 rings (SSSR count). The van der Waals surface area contributed by atoms with Gasteiger partial charge in [-0.25, -0.2) is 9.67 Å². The summed E-state index contributed by atoms with van der Waals surface area (Å²) in [5.74, 6) is 0.810. The Morgan fingerprint density at radius 3 is 2.65 bits per heavy atom. The second-order valence-corrected chi connectivity index (χ2v) is 6.66. The molecule has 26 heavy (non-hydrogen) atoms. The molecule has 0 amide bonds. The Bertz CT molecular complexity index is 825. The van der Waals surface area contributed by atoms with E-state index < -0.39 is 0 Å². The molecule has 138 valence electrons. The first-order valence-corrected chi connectivity index (χ1v) is 9.29. The van der Waals surface area contributed by atoms with E-state index in [-0.39, 0.29) is 24.0 Å². The largest absolute Gasteiger partial charge is 0.357 e. The maximum Gasteiger partial charge on any atom is 0.191 e. The number of rotatable bonds is 6. The van der Waals surface area contributed by atoms with Crippen molar-refractivity contribution >= 4 is 41.3 Å². The topological polar surface area (TPSA) is 54.2 Å². The van der Waals surface area contributed by atoms with Crippen LogP contribution in [0.5, 0.6) is 0 Å². The molecular formula is C19H24IN5S. The Hall–Kier alpha value is -1.87. The summed E-state index contributed by atoms with van der Waals surface area (Å²) in [7, 11) is 0. The van der Waals surface area contributed by atoms with Gasteiger partial charge in [0.1, 0.15) is 0 Å². The van der Waals surface area contributed by atoms with Gasteiger partial charge in [0, 0.05) is 17.6 Å². The highest BCUT2D eigenvalue weighted by molar-refractivity contribution is 14.0. The first-order chi connectivity index (χ1) is 12.3. The molecule has 0 saturated carbocycles. The maximum absolute atomic E-state index is 4.64. The lowest BCUT2D eigenvalue weighted by atomic mass is 10.3. The van der Waals surface area contributed by atoms with E-state index in [1.54, 1.807) is 11.3 Å². The summed E-state index contributed by atoms with van der Waals surface area (Å²) in [6, 6.07) is 14.2. The number of thiophene rings is 1. The molecule has 0 aliphatic carbocycles. The van der Waals surface area contributed by atoms with Gasteiger partial charge in [-0.3, -0.25) is 0 Å². The Labute approximate surface area is 175 Å². The molecule has 0 bridgehead atoms. The molecule has 0 spiro atoms. The van der Waals surface area contributed by atoms with Crippen LogP contribution in [0.2, 0.25) is 0 Å². The summed E-state index contributed by atoms with van der Waals surface area (Å²) in [4.78, 5) is 5.98. The molecule has 0 aliphatic rings. The second kappa shape index (κ2) is 10.3. The number of benzene rings is 1. The van der Waals surface area contributed by atoms with Crippen molar-refractivity contribution in [3.63, 3.8) is 0 Å². The highest BCUT2D eigenvalue weighted by atomic mass is 127. The maximum atomic E-state index is 4.64. The number of aryl methyl sites for hydroxylation is 1. The van der Waals surface area contributed by atoms with Crippen LogP contribution in [0.3, 0.4) is 0 Å². The van der Waals surface area contributed by atoms with Crippen LogP contribution in [0, 0.1) is 6.92 Å². The monoisotopic (exact) mass is 481 g/mol. The first-order valence-electron chi connectivity index (χ1n) is 8.41. The van der Waals surface area contributed by atoms with Crippen LogP contribution in [-0.4, -0.2) is 22.3 Å². The van der Waals surface area contributed by atoms with Crippen molar-refractivity contribution in [1.82, 2.24) is 20.4 Å². The summed E-state index contributed by atoms with van der Waals surface area (Å²) in [6.45, 7) is 6.35. The van der Waals surface area contributed by atoms with Crippen LogP contribution in [0.25, 0.3) is 5.69 Å². The standard InChI is InChI=1S/C19H23N5S.HI/c1-3-20-19(22-14-18-15(2)10-12-25-18)21-13-16-9-11-24(23-16)17-7-5-4-6-8-17;/h4-12H,3,13-14H2,1-2H3,(H2,20,21,22);1H. The Morgan fingerprint density at radius 1 is 1.15 bits per heavy atom. The van der Waals surface area contributed by atoms with E-state index in [4.69, 9.17) is 0 Å². The van der Waals surface area contributed by atoms with Crippen molar-refractivity contribution in [3.05, 3.63) is 70.2 Å². The number of guanidine groups is 1. The van der Waals surface area contributed by atoms with Gasteiger partial charge >= 0.3 is 0 Å². The minimum atomic E-state index is 0. The molecule has 0 unspecified atom stereocenters. The van der Waals surface area contributed by atoms with Gasteiger partial charge in [-0.2, -0.15) is 5.10 Å². The Morgan fingerprint density at radius 2 is 1.96 bits per heavy atom. The fourth-order valence-electron chi connectivity index (χ4n) is 2.42. The van der Waals surface area contributed by atoms with Crippen molar-refractivity contribution in [2.75, 3.05) is 6.54 Å². The average molecular weight is 481 g/mol. The van der Waals surface area contributed by atoms with Gasteiger partial charge in [0.05, 0.1) is 24.5 Å². The first kappa shape index (κ1) is 20.4. The number of nitrogens with zero attached hydrogens (tertiary/aromatic N) is 3. The molecule has 3 aromatic rings. The molecular weight excluding hydrogens is 457 g/mol. The van der Waals surface area contributed by atoms with E-state index in [2.05, 4.69) is 46.0 Å². The van der Waals surface area contributed by atoms with Crippen molar-refractivity contribution in [2.45, 2.75) is 26.9 Å². The number of halogens is 1. The van der Waals surface area contributed by atoms with Crippen molar-refractivity contribution in [2.24, 2.45) is 4.99 Å². The smallest absolute Gasteiger partial charge is 0.191 e. The number of nitrogens with one attached hydrogen (secondary N) is 2. The van der Waals surface area contributed by atoms with Gasteiger partial charge in [-0.05, 0) is 49.1 Å². The molecule has 0 saturated heterocycles. The number of aromatic nitrogens is 2. The molecule has 2 heterocycles. The molecule has 0 aliphatic heterocycles. The Balaban J connectivity index is 0.00000243. The SMILES string of the molecule is CCNC(=NCc1ccn(-c2ccccc2)n1)NCc1sccc1C.I. The van der Waals surface area contributed by atoms with E-state index in [1.807, 2.05) is 47.3 Å². The molecule has 0 fully saturated rings. The lowest BCUT2D eigenvalue weighted by Crippen LogP contribution is -2.36. The third-order valence-corrected chi connectivity index (χ3v) is 4.82. The predicted molar refractivity (Wildman–Crippen MR) is 120 cm³/mol. The quantitative estimate of drug-likeness (QED) is 0.317. The summed E-state index contributed by atoms with van der Waals surface area (Å²) in [6.07, 6.45) is 1.97. The molecule has 2 N–H and O–H groups in total. The summed E-state index contributed by atoms with van der Waals surface area (Å²) >= 11 is 1.76. The number of hydrogen-bond donors (Lipinski definition) is 2. The molecule has 0 radical (unpaired) electrons. The van der Waals surface area contributed by atoms with Crippen LogP contribution in [0.1, 0.15) is 23.1 Å². The fraction of sp³-hybridized carbons (Fsp3) is 0.263. The van der Waals surface area contributed by atoms with E-state index >= 15 is 0 Å². The van der Waals surface area contributed by atoms with Gasteiger partial charge in [-0.15, -0.1) is 35.3 Å². The van der Waals surface area contributed by atoms with Crippen molar-refractivity contribution in [3.8, 4) is 5.69 Å². The Kier molecular flexibility index (Phi) is 8.11. The van der Waals surface area contributed by atoms with Crippen LogP contribution < -0.4 is 10.6 Å². The van der Waals surface area contributed by atoms with Crippen LogP contribution in [0.15, 0.2) is 59.0 Å². The number of aliphatic imine (C=N–C) groups is 1. The van der Waals surface area contributed by atoms with E-state index in [9.17, 15) is 0 Å². The van der Waals surface area contributed by atoms with Gasteiger partial charge < -0.3 is 10.6 Å². The zero-order valence-corrected chi connectivity index (χ0v) is 18.1. The summed E-state index contributed by atoms with van der Waals surface area (Å²) in [5.41, 5.74) is 3.30. The van der Waals surface area contributed by atoms with Crippen LogP contribution >= 0.6 is 35.3 Å². The molecule has 7 heteroatoms. The van der Waals surface area contributed by atoms with Gasteiger partial charge in [0.15, 0.2) is 5.96 Å². The summed E-state index contributed by atoms with van der Waals surface area (Å²) < 4.78 is 1.88. The zero-order chi connectivity index (χ0) is 17.5.